The predicted molar refractivity (Wildman–Crippen MR) is 81.6 cm³/mol. The van der Waals surface area contributed by atoms with Gasteiger partial charge in [-0.05, 0) is 39.3 Å². The number of rotatable bonds is 3. The van der Waals surface area contributed by atoms with Crippen LogP contribution in [0.1, 0.15) is 44.9 Å². The summed E-state index contributed by atoms with van der Waals surface area (Å²) in [5.74, 6) is -0.289. The van der Waals surface area contributed by atoms with Gasteiger partial charge in [-0.25, -0.2) is 4.79 Å². The van der Waals surface area contributed by atoms with Gasteiger partial charge in [0.15, 0.2) is 0 Å². The average molecular weight is 313 g/mol. The third-order valence-corrected chi connectivity index (χ3v) is 4.82. The second-order valence-corrected chi connectivity index (χ2v) is 6.62. The molecule has 2 amide bonds. The van der Waals surface area contributed by atoms with Gasteiger partial charge in [-0.3, -0.25) is 4.79 Å². The molecule has 22 heavy (non-hydrogen) atoms. The van der Waals surface area contributed by atoms with E-state index in [-0.39, 0.29) is 11.9 Å². The quantitative estimate of drug-likeness (QED) is 0.609. The van der Waals surface area contributed by atoms with E-state index in [9.17, 15) is 14.7 Å². The fourth-order valence-corrected chi connectivity index (χ4v) is 3.56. The van der Waals surface area contributed by atoms with Gasteiger partial charge in [0.25, 0.3) is 0 Å². The van der Waals surface area contributed by atoms with Gasteiger partial charge in [-0.1, -0.05) is 19.3 Å². The highest BCUT2D eigenvalue weighted by atomic mass is 16.4. The van der Waals surface area contributed by atoms with Gasteiger partial charge >= 0.3 is 6.09 Å². The fraction of sp³-hybridized carbons (Fsp3) is 0.867. The number of carboxylic acid groups (broad SMARTS) is 1. The van der Waals surface area contributed by atoms with Crippen molar-refractivity contribution in [1.82, 2.24) is 15.5 Å². The standard InChI is InChI=1S/C15H27N3O4/c1-18-9-5-6-11(12(19)10-18)16-13(20)15(17-14(21)22)7-3-2-4-8-15/h11-12,17,19H,2-10H2,1H3,(H,16,20)(H,21,22). The number of nitrogens with zero attached hydrogens (tertiary/aromatic N) is 1. The largest absolute Gasteiger partial charge is 0.465 e. The molecule has 1 aliphatic carbocycles. The first-order chi connectivity index (χ1) is 10.4. The van der Waals surface area contributed by atoms with Gasteiger partial charge in [0.2, 0.25) is 5.91 Å². The second-order valence-electron chi connectivity index (χ2n) is 6.62. The predicted octanol–water partition coefficient (Wildman–Crippen LogP) is 0.528. The zero-order valence-electron chi connectivity index (χ0n) is 13.2. The average Bonchev–Trinajstić information content (AvgIpc) is 2.60. The molecule has 0 bridgehead atoms. The molecule has 7 nitrogen and oxygen atoms in total. The minimum absolute atomic E-state index is 0.289. The van der Waals surface area contributed by atoms with Crippen molar-refractivity contribution in [3.05, 3.63) is 0 Å². The Bertz CT molecular complexity index is 410. The van der Waals surface area contributed by atoms with E-state index in [0.717, 1.165) is 32.2 Å². The molecule has 4 N–H and O–H groups in total. The number of amides is 2. The van der Waals surface area contributed by atoms with E-state index < -0.39 is 17.7 Å². The molecule has 0 radical (unpaired) electrons. The summed E-state index contributed by atoms with van der Waals surface area (Å²) in [6.45, 7) is 1.41. The Labute approximate surface area is 131 Å². The SMILES string of the molecule is CN1CCCC(NC(=O)C2(NC(=O)O)CCCCC2)C(O)C1. The summed E-state index contributed by atoms with van der Waals surface area (Å²) >= 11 is 0. The molecule has 1 aliphatic heterocycles. The number of β-amino-alcohol motifs (C(OH)–C–C–N with tert-alkyl or cyclic N) is 1. The van der Waals surface area contributed by atoms with Gasteiger partial charge in [-0.15, -0.1) is 0 Å². The molecular formula is C15H27N3O4. The normalized spacial score (nSPS) is 29.4. The Morgan fingerprint density at radius 1 is 1.18 bits per heavy atom. The number of aliphatic hydroxyl groups is 1. The smallest absolute Gasteiger partial charge is 0.405 e. The molecule has 2 aliphatic rings. The van der Waals surface area contributed by atoms with Gasteiger partial charge < -0.3 is 25.7 Å². The molecular weight excluding hydrogens is 286 g/mol. The Kier molecular flexibility index (Phi) is 5.63. The van der Waals surface area contributed by atoms with Crippen molar-refractivity contribution in [2.24, 2.45) is 0 Å². The third kappa shape index (κ3) is 4.10. The highest BCUT2D eigenvalue weighted by Crippen LogP contribution is 2.29. The zero-order valence-corrected chi connectivity index (χ0v) is 13.2. The number of hydrogen-bond acceptors (Lipinski definition) is 4. The Balaban J connectivity index is 2.05. The van der Waals surface area contributed by atoms with Crippen molar-refractivity contribution in [2.75, 3.05) is 20.1 Å². The maximum absolute atomic E-state index is 12.7. The number of hydrogen-bond donors (Lipinski definition) is 4. The summed E-state index contributed by atoms with van der Waals surface area (Å²) in [6, 6.07) is -0.313. The minimum atomic E-state index is -1.17. The molecule has 1 saturated heterocycles. The Hall–Kier alpha value is -1.34. The Morgan fingerprint density at radius 2 is 1.86 bits per heavy atom. The fourth-order valence-electron chi connectivity index (χ4n) is 3.56. The summed E-state index contributed by atoms with van der Waals surface area (Å²) in [4.78, 5) is 25.8. The summed E-state index contributed by atoms with van der Waals surface area (Å²) in [5.41, 5.74) is -1.04. The van der Waals surface area contributed by atoms with Crippen molar-refractivity contribution in [2.45, 2.75) is 62.6 Å². The lowest BCUT2D eigenvalue weighted by atomic mass is 9.80. The van der Waals surface area contributed by atoms with E-state index in [2.05, 4.69) is 10.6 Å². The van der Waals surface area contributed by atoms with Crippen LogP contribution in [-0.2, 0) is 4.79 Å². The summed E-state index contributed by atoms with van der Waals surface area (Å²) in [7, 11) is 1.95. The first-order valence-corrected chi connectivity index (χ1v) is 8.12. The monoisotopic (exact) mass is 313 g/mol. The number of carbonyl (C=O) groups is 2. The zero-order chi connectivity index (χ0) is 16.2. The Morgan fingerprint density at radius 3 is 2.50 bits per heavy atom. The molecule has 0 spiro atoms. The number of aliphatic hydroxyl groups excluding tert-OH is 1. The lowest BCUT2D eigenvalue weighted by Gasteiger charge is -2.37. The van der Waals surface area contributed by atoms with Crippen LogP contribution in [0.5, 0.6) is 0 Å². The van der Waals surface area contributed by atoms with Crippen LogP contribution in [0.2, 0.25) is 0 Å². The third-order valence-electron chi connectivity index (χ3n) is 4.82. The van der Waals surface area contributed by atoms with E-state index in [1.54, 1.807) is 0 Å². The molecule has 1 saturated carbocycles. The van der Waals surface area contributed by atoms with E-state index in [0.29, 0.717) is 25.8 Å². The first kappa shape index (κ1) is 17.0. The maximum Gasteiger partial charge on any atom is 0.405 e. The van der Waals surface area contributed by atoms with Crippen LogP contribution in [-0.4, -0.2) is 64.9 Å². The maximum atomic E-state index is 12.7. The van der Waals surface area contributed by atoms with Crippen LogP contribution in [0.4, 0.5) is 4.79 Å². The van der Waals surface area contributed by atoms with E-state index in [1.807, 2.05) is 11.9 Å². The van der Waals surface area contributed by atoms with Gasteiger partial charge in [-0.2, -0.15) is 0 Å². The van der Waals surface area contributed by atoms with Crippen LogP contribution >= 0.6 is 0 Å². The molecule has 2 atom stereocenters. The first-order valence-electron chi connectivity index (χ1n) is 8.12. The molecule has 0 aromatic rings. The molecule has 2 fully saturated rings. The van der Waals surface area contributed by atoms with Crippen molar-refractivity contribution in [3.8, 4) is 0 Å². The number of carbonyl (C=O) groups excluding carboxylic acids is 1. The lowest BCUT2D eigenvalue weighted by molar-refractivity contribution is -0.130. The number of likely N-dealkylation sites (tertiary alicyclic amines) is 1. The van der Waals surface area contributed by atoms with Gasteiger partial charge in [0.1, 0.15) is 5.54 Å². The van der Waals surface area contributed by atoms with Gasteiger partial charge in [0.05, 0.1) is 12.1 Å². The molecule has 0 aromatic heterocycles. The summed E-state index contributed by atoms with van der Waals surface area (Å²) in [5, 5.41) is 24.6. The summed E-state index contributed by atoms with van der Waals surface area (Å²) < 4.78 is 0. The molecule has 126 valence electrons. The molecule has 2 rings (SSSR count). The van der Waals surface area contributed by atoms with Crippen LogP contribution < -0.4 is 10.6 Å². The molecule has 2 unspecified atom stereocenters. The highest BCUT2D eigenvalue weighted by molar-refractivity contribution is 5.90. The molecule has 7 heteroatoms. The van der Waals surface area contributed by atoms with Crippen molar-refractivity contribution >= 4 is 12.0 Å². The van der Waals surface area contributed by atoms with Crippen LogP contribution in [0.15, 0.2) is 0 Å². The summed E-state index contributed by atoms with van der Waals surface area (Å²) in [6.07, 6.45) is 3.56. The van der Waals surface area contributed by atoms with Crippen molar-refractivity contribution in [3.63, 3.8) is 0 Å². The highest BCUT2D eigenvalue weighted by Gasteiger charge is 2.42. The van der Waals surface area contributed by atoms with Crippen molar-refractivity contribution in [1.29, 1.82) is 0 Å². The second kappa shape index (κ2) is 7.28. The molecule has 0 aromatic carbocycles. The van der Waals surface area contributed by atoms with Gasteiger partial charge in [0, 0.05) is 6.54 Å². The van der Waals surface area contributed by atoms with E-state index in [4.69, 9.17) is 5.11 Å². The number of nitrogens with one attached hydrogen (secondary N) is 2. The van der Waals surface area contributed by atoms with E-state index >= 15 is 0 Å². The van der Waals surface area contributed by atoms with E-state index in [1.165, 1.54) is 0 Å². The minimum Gasteiger partial charge on any atom is -0.465 e. The van der Waals surface area contributed by atoms with Crippen LogP contribution in [0.3, 0.4) is 0 Å². The molecule has 1 heterocycles. The topological polar surface area (TPSA) is 102 Å². The number of likely N-dealkylation sites (N-methyl/N-ethyl adjacent to an activating group) is 1. The lowest BCUT2D eigenvalue weighted by Crippen LogP contribution is -2.62. The van der Waals surface area contributed by atoms with Crippen LogP contribution in [0, 0.1) is 0 Å². The van der Waals surface area contributed by atoms with Crippen molar-refractivity contribution < 1.29 is 19.8 Å². The van der Waals surface area contributed by atoms with Crippen LogP contribution in [0.25, 0.3) is 0 Å².